The average molecular weight is 403 g/mol. The highest BCUT2D eigenvalue weighted by atomic mass is 16.5. The van der Waals surface area contributed by atoms with E-state index in [1.54, 1.807) is 0 Å². The summed E-state index contributed by atoms with van der Waals surface area (Å²) in [6, 6.07) is 0. The Kier molecular flexibility index (Phi) is 5.66. The number of ketones is 1. The first-order chi connectivity index (χ1) is 13.7. The van der Waals surface area contributed by atoms with Gasteiger partial charge >= 0.3 is 5.97 Å². The number of rotatable bonds is 4. The third-order valence-electron chi connectivity index (χ3n) is 10.5. The zero-order valence-corrected chi connectivity index (χ0v) is 19.3. The summed E-state index contributed by atoms with van der Waals surface area (Å²) >= 11 is 0. The van der Waals surface area contributed by atoms with Gasteiger partial charge in [-0.05, 0) is 91.3 Å². The van der Waals surface area contributed by atoms with Crippen molar-refractivity contribution in [1.29, 1.82) is 0 Å². The molecule has 0 unspecified atom stereocenters. The molecule has 0 amide bonds. The summed E-state index contributed by atoms with van der Waals surface area (Å²) in [5.74, 6) is 4.58. The predicted molar refractivity (Wildman–Crippen MR) is 115 cm³/mol. The van der Waals surface area contributed by atoms with Crippen LogP contribution >= 0.6 is 0 Å². The Bertz CT molecular complexity index is 656. The number of ether oxygens (including phenoxy) is 1. The van der Waals surface area contributed by atoms with Crippen molar-refractivity contribution in [3.63, 3.8) is 0 Å². The Labute approximate surface area is 177 Å². The number of esters is 1. The first-order valence-electron chi connectivity index (χ1n) is 12.3. The summed E-state index contributed by atoms with van der Waals surface area (Å²) in [4.78, 5) is 25.1. The molecule has 29 heavy (non-hydrogen) atoms. The maximum Gasteiger partial charge on any atom is 0.305 e. The molecule has 4 rings (SSSR count). The van der Waals surface area contributed by atoms with Crippen molar-refractivity contribution in [2.75, 3.05) is 7.11 Å². The molecule has 4 saturated carbocycles. The molecule has 3 nitrogen and oxygen atoms in total. The molecule has 4 fully saturated rings. The zero-order valence-electron chi connectivity index (χ0n) is 19.3. The van der Waals surface area contributed by atoms with E-state index in [4.69, 9.17) is 4.74 Å². The van der Waals surface area contributed by atoms with Gasteiger partial charge in [0.2, 0.25) is 0 Å². The Hall–Kier alpha value is -0.860. The molecule has 0 aromatic rings. The van der Waals surface area contributed by atoms with Crippen LogP contribution in [-0.4, -0.2) is 18.9 Å². The summed E-state index contributed by atoms with van der Waals surface area (Å²) < 4.78 is 4.87. The Morgan fingerprint density at radius 3 is 2.52 bits per heavy atom. The van der Waals surface area contributed by atoms with Gasteiger partial charge in [0.1, 0.15) is 5.78 Å². The van der Waals surface area contributed by atoms with Crippen molar-refractivity contribution in [3.05, 3.63) is 0 Å². The summed E-state index contributed by atoms with van der Waals surface area (Å²) in [6.45, 7) is 9.74. The van der Waals surface area contributed by atoms with Crippen LogP contribution in [-0.2, 0) is 14.3 Å². The molecule has 0 heterocycles. The second-order valence-electron chi connectivity index (χ2n) is 11.8. The van der Waals surface area contributed by atoms with Gasteiger partial charge in [-0.15, -0.1) is 0 Å². The van der Waals surface area contributed by atoms with Crippen molar-refractivity contribution < 1.29 is 14.3 Å². The molecule has 0 spiro atoms. The van der Waals surface area contributed by atoms with Crippen LogP contribution in [0.4, 0.5) is 0 Å². The van der Waals surface area contributed by atoms with Gasteiger partial charge in [0.15, 0.2) is 0 Å². The van der Waals surface area contributed by atoms with Gasteiger partial charge in [-0.1, -0.05) is 34.1 Å². The molecule has 4 aliphatic carbocycles. The number of hydrogen-bond acceptors (Lipinski definition) is 3. The van der Waals surface area contributed by atoms with Crippen molar-refractivity contribution >= 4 is 11.8 Å². The summed E-state index contributed by atoms with van der Waals surface area (Å²) in [5, 5.41) is 0. The normalized spacial score (nSPS) is 47.7. The van der Waals surface area contributed by atoms with E-state index in [9.17, 15) is 9.59 Å². The molecule has 0 saturated heterocycles. The topological polar surface area (TPSA) is 43.4 Å². The minimum atomic E-state index is -0.0896. The van der Waals surface area contributed by atoms with Gasteiger partial charge in [-0.3, -0.25) is 9.59 Å². The largest absolute Gasteiger partial charge is 0.469 e. The third kappa shape index (κ3) is 3.39. The molecule has 0 radical (unpaired) electrons. The molecule has 0 aliphatic heterocycles. The van der Waals surface area contributed by atoms with Crippen LogP contribution in [0, 0.1) is 52.3 Å². The van der Waals surface area contributed by atoms with E-state index < -0.39 is 0 Å². The van der Waals surface area contributed by atoms with Gasteiger partial charge in [0.25, 0.3) is 0 Å². The summed E-state index contributed by atoms with van der Waals surface area (Å²) in [5.41, 5.74) is 0.665. The van der Waals surface area contributed by atoms with Crippen molar-refractivity contribution in [2.24, 2.45) is 52.3 Å². The molecule has 0 aromatic heterocycles. The summed E-state index contributed by atoms with van der Waals surface area (Å²) in [6.07, 6.45) is 11.2. The van der Waals surface area contributed by atoms with E-state index in [2.05, 4.69) is 27.7 Å². The quantitative estimate of drug-likeness (QED) is 0.538. The van der Waals surface area contributed by atoms with E-state index in [-0.39, 0.29) is 11.4 Å². The number of carbonyl (C=O) groups is 2. The van der Waals surface area contributed by atoms with Crippen molar-refractivity contribution in [1.82, 2.24) is 0 Å². The zero-order chi connectivity index (χ0) is 21.0. The highest BCUT2D eigenvalue weighted by Crippen LogP contribution is 2.67. The number of fused-ring (bicyclic) bond motifs is 5. The lowest BCUT2D eigenvalue weighted by atomic mass is 9.43. The van der Waals surface area contributed by atoms with E-state index >= 15 is 0 Å². The fourth-order valence-electron chi connectivity index (χ4n) is 8.77. The Balaban J connectivity index is 1.53. The molecule has 0 N–H and O–H groups in total. The lowest BCUT2D eigenvalue weighted by molar-refractivity contribution is -0.158. The standard InChI is InChI=1S/C26H42O3/c1-16-10-12-25(3)18(14-16)15-22(27)24-20-8-7-19(17(2)6-9-23(28)29-5)26(20,4)13-11-21(24)25/h16-21,24H,6-15H2,1-5H3/t16-,17-,18+,19-,20+,21+,24+,25+,26-/m1/s1. The van der Waals surface area contributed by atoms with Gasteiger partial charge in [-0.25, -0.2) is 0 Å². The van der Waals surface area contributed by atoms with Gasteiger partial charge in [-0.2, -0.15) is 0 Å². The second-order valence-corrected chi connectivity index (χ2v) is 11.8. The fourth-order valence-corrected chi connectivity index (χ4v) is 8.77. The van der Waals surface area contributed by atoms with E-state index in [1.165, 1.54) is 52.1 Å². The maximum absolute atomic E-state index is 13.5. The monoisotopic (exact) mass is 402 g/mol. The highest BCUT2D eigenvalue weighted by Gasteiger charge is 2.62. The van der Waals surface area contributed by atoms with E-state index in [0.29, 0.717) is 53.1 Å². The molecule has 3 heteroatoms. The van der Waals surface area contributed by atoms with Crippen LogP contribution in [0.25, 0.3) is 0 Å². The molecule has 0 aromatic carbocycles. The second kappa shape index (κ2) is 7.68. The Morgan fingerprint density at radius 2 is 1.79 bits per heavy atom. The lowest BCUT2D eigenvalue weighted by Gasteiger charge is -2.60. The van der Waals surface area contributed by atoms with Crippen LogP contribution in [0.5, 0.6) is 0 Å². The maximum atomic E-state index is 13.5. The average Bonchev–Trinajstić information content (AvgIpc) is 3.04. The van der Waals surface area contributed by atoms with Gasteiger partial charge in [0.05, 0.1) is 7.11 Å². The molecular weight excluding hydrogens is 360 g/mol. The number of hydrogen-bond donors (Lipinski definition) is 0. The number of methoxy groups -OCH3 is 1. The fraction of sp³-hybridized carbons (Fsp3) is 0.923. The van der Waals surface area contributed by atoms with Crippen LogP contribution in [0.2, 0.25) is 0 Å². The van der Waals surface area contributed by atoms with E-state index in [1.807, 2.05) is 0 Å². The van der Waals surface area contributed by atoms with Crippen LogP contribution in [0.1, 0.15) is 91.9 Å². The first kappa shape index (κ1) is 21.4. The predicted octanol–water partition coefficient (Wildman–Crippen LogP) is 6.05. The molecule has 164 valence electrons. The van der Waals surface area contributed by atoms with Gasteiger partial charge in [0, 0.05) is 18.8 Å². The minimum Gasteiger partial charge on any atom is -0.469 e. The van der Waals surface area contributed by atoms with Crippen LogP contribution < -0.4 is 0 Å². The minimum absolute atomic E-state index is 0.0896. The highest BCUT2D eigenvalue weighted by molar-refractivity contribution is 5.83. The first-order valence-corrected chi connectivity index (χ1v) is 12.3. The smallest absolute Gasteiger partial charge is 0.305 e. The molecular formula is C26H42O3. The van der Waals surface area contributed by atoms with Crippen molar-refractivity contribution in [3.8, 4) is 0 Å². The molecule has 4 aliphatic rings. The summed E-state index contributed by atoms with van der Waals surface area (Å²) in [7, 11) is 1.48. The number of Topliss-reactive ketones (excluding diaryl/α,β-unsaturated/α-hetero) is 1. The molecule has 9 atom stereocenters. The Morgan fingerprint density at radius 1 is 1.10 bits per heavy atom. The number of carbonyl (C=O) groups excluding carboxylic acids is 2. The van der Waals surface area contributed by atoms with Crippen LogP contribution in [0.3, 0.4) is 0 Å². The lowest BCUT2D eigenvalue weighted by Crippen LogP contribution is -2.57. The SMILES string of the molecule is COC(=O)CC[C@@H](C)[C@H]1CC[C@H]2[C@@H]3C(=O)C[C@@H]4C[C@H](C)CC[C@]4(C)[C@H]3CC[C@]12C. The van der Waals surface area contributed by atoms with Crippen molar-refractivity contribution in [2.45, 2.75) is 91.9 Å². The third-order valence-corrected chi connectivity index (χ3v) is 10.5. The van der Waals surface area contributed by atoms with Crippen LogP contribution in [0.15, 0.2) is 0 Å². The van der Waals surface area contributed by atoms with Gasteiger partial charge < -0.3 is 4.74 Å². The molecule has 0 bridgehead atoms. The van der Waals surface area contributed by atoms with E-state index in [0.717, 1.165) is 18.8 Å².